The average Bonchev–Trinajstić information content (AvgIpc) is 2.38. The van der Waals surface area contributed by atoms with Crippen molar-refractivity contribution in [2.24, 2.45) is 0 Å². The molecular weight excluding hydrogens is 266 g/mol. The molecule has 0 aliphatic heterocycles. The monoisotopic (exact) mass is 292 g/mol. The number of hydrogen-bond acceptors (Lipinski definition) is 2. The van der Waals surface area contributed by atoms with Crippen LogP contribution in [0.3, 0.4) is 0 Å². The summed E-state index contributed by atoms with van der Waals surface area (Å²) in [7, 11) is 5.28. The van der Waals surface area contributed by atoms with Gasteiger partial charge in [0.25, 0.3) is 11.8 Å². The minimum Gasteiger partial charge on any atom is -0.344 e. The van der Waals surface area contributed by atoms with Crippen molar-refractivity contribution in [2.75, 3.05) is 39.5 Å². The van der Waals surface area contributed by atoms with Crippen LogP contribution in [0, 0.1) is 0 Å². The van der Waals surface area contributed by atoms with Gasteiger partial charge in [-0.3, -0.25) is 9.59 Å². The van der Waals surface area contributed by atoms with Crippen LogP contribution in [0.15, 0.2) is 24.3 Å². The van der Waals surface area contributed by atoms with Gasteiger partial charge in [0, 0.05) is 19.8 Å². The number of rotatable bonds is 6. The van der Waals surface area contributed by atoms with Crippen LogP contribution in [0.25, 0.3) is 0 Å². The topological polar surface area (TPSA) is 53.9 Å². The maximum Gasteiger partial charge on any atom is 0.279 e. The van der Waals surface area contributed by atoms with Gasteiger partial charge in [-0.25, -0.2) is 0 Å². The molecule has 1 aromatic rings. The Bertz CT molecular complexity index is 498. The molecule has 0 saturated heterocycles. The molecule has 1 atom stereocenters. The molecule has 0 radical (unpaired) electrons. The van der Waals surface area contributed by atoms with E-state index in [0.717, 1.165) is 16.2 Å². The lowest BCUT2D eigenvalue weighted by atomic mass is 10.0. The Balaban J connectivity index is 2.60. The lowest BCUT2D eigenvalue weighted by Gasteiger charge is -2.17. The molecule has 5 heteroatoms. The van der Waals surface area contributed by atoms with Crippen molar-refractivity contribution in [3.05, 3.63) is 29.8 Å². The van der Waals surface area contributed by atoms with Crippen molar-refractivity contribution in [1.82, 2.24) is 4.90 Å². The first-order valence-electron chi connectivity index (χ1n) is 7.21. The van der Waals surface area contributed by atoms with Gasteiger partial charge >= 0.3 is 0 Å². The predicted octanol–water partition coefficient (Wildman–Crippen LogP) is 0.351. The fraction of sp³-hybridized carbons (Fsp3) is 0.500. The van der Waals surface area contributed by atoms with E-state index < -0.39 is 0 Å². The summed E-state index contributed by atoms with van der Waals surface area (Å²) in [4.78, 5) is 26.1. The molecule has 21 heavy (non-hydrogen) atoms. The van der Waals surface area contributed by atoms with E-state index >= 15 is 0 Å². The minimum atomic E-state index is -0.0767. The van der Waals surface area contributed by atoms with Gasteiger partial charge in [-0.05, 0) is 17.5 Å². The number of carbonyl (C=O) groups is 2. The van der Waals surface area contributed by atoms with Crippen LogP contribution in [0.2, 0.25) is 0 Å². The first kappa shape index (κ1) is 17.2. The van der Waals surface area contributed by atoms with E-state index in [1.165, 1.54) is 4.90 Å². The summed E-state index contributed by atoms with van der Waals surface area (Å²) < 4.78 is 0. The Morgan fingerprint density at radius 1 is 1.19 bits per heavy atom. The molecule has 0 bridgehead atoms. The molecule has 116 valence electrons. The highest BCUT2D eigenvalue weighted by atomic mass is 16.2. The quantitative estimate of drug-likeness (QED) is 0.795. The van der Waals surface area contributed by atoms with E-state index in [1.807, 2.05) is 31.3 Å². The molecule has 1 unspecified atom stereocenters. The predicted molar refractivity (Wildman–Crippen MR) is 84.5 cm³/mol. The molecule has 0 fully saturated rings. The summed E-state index contributed by atoms with van der Waals surface area (Å²) in [6.45, 7) is 4.77. The minimum absolute atomic E-state index is 0.0166. The third kappa shape index (κ3) is 5.55. The number of carbonyl (C=O) groups excluding carboxylic acids is 2. The van der Waals surface area contributed by atoms with Crippen molar-refractivity contribution in [3.8, 4) is 0 Å². The van der Waals surface area contributed by atoms with Crippen molar-refractivity contribution in [1.29, 1.82) is 0 Å². The van der Waals surface area contributed by atoms with Gasteiger partial charge in [-0.15, -0.1) is 0 Å². The van der Waals surface area contributed by atoms with Crippen LogP contribution in [-0.4, -0.2) is 50.9 Å². The van der Waals surface area contributed by atoms with Crippen LogP contribution >= 0.6 is 0 Å². The van der Waals surface area contributed by atoms with Crippen molar-refractivity contribution in [3.63, 3.8) is 0 Å². The molecule has 0 spiro atoms. The summed E-state index contributed by atoms with van der Waals surface area (Å²) in [5.41, 5.74) is 1.97. The third-order valence-corrected chi connectivity index (χ3v) is 3.27. The van der Waals surface area contributed by atoms with Crippen molar-refractivity contribution in [2.45, 2.75) is 19.8 Å². The Kier molecular flexibility index (Phi) is 6.37. The van der Waals surface area contributed by atoms with E-state index in [1.54, 1.807) is 14.1 Å². The summed E-state index contributed by atoms with van der Waals surface area (Å²) in [6, 6.07) is 7.81. The number of quaternary nitrogens is 1. The van der Waals surface area contributed by atoms with E-state index in [4.69, 9.17) is 0 Å². The molecule has 0 heterocycles. The van der Waals surface area contributed by atoms with E-state index in [9.17, 15) is 9.59 Å². The standard InChI is InChI=1S/C16H25N3O2/c1-12(2)13-8-6-7-9-14(13)17-15(20)10-19(5)11-16(21)18(3)4/h6-9,12H,10-11H2,1-5H3,(H,17,20)/p+1. The highest BCUT2D eigenvalue weighted by molar-refractivity contribution is 5.92. The third-order valence-electron chi connectivity index (χ3n) is 3.27. The second-order valence-corrected chi connectivity index (χ2v) is 5.89. The number of anilines is 1. The summed E-state index contributed by atoms with van der Waals surface area (Å²) in [5.74, 6) is 0.289. The first-order chi connectivity index (χ1) is 9.81. The molecule has 1 rings (SSSR count). The highest BCUT2D eigenvalue weighted by Gasteiger charge is 2.16. The second-order valence-electron chi connectivity index (χ2n) is 5.89. The fourth-order valence-corrected chi connectivity index (χ4v) is 2.06. The number of nitrogens with zero attached hydrogens (tertiary/aromatic N) is 1. The van der Waals surface area contributed by atoms with Crippen LogP contribution in [0.4, 0.5) is 5.69 Å². The zero-order chi connectivity index (χ0) is 16.0. The van der Waals surface area contributed by atoms with Gasteiger partial charge < -0.3 is 15.1 Å². The average molecular weight is 292 g/mol. The molecule has 2 N–H and O–H groups in total. The van der Waals surface area contributed by atoms with Crippen LogP contribution in [0.5, 0.6) is 0 Å². The lowest BCUT2D eigenvalue weighted by molar-refractivity contribution is -0.862. The molecular formula is C16H26N3O2+. The lowest BCUT2D eigenvalue weighted by Crippen LogP contribution is -3.11. The number of amides is 2. The molecule has 5 nitrogen and oxygen atoms in total. The van der Waals surface area contributed by atoms with Crippen LogP contribution < -0.4 is 10.2 Å². The maximum absolute atomic E-state index is 12.1. The molecule has 1 aromatic carbocycles. The number of likely N-dealkylation sites (N-methyl/N-ethyl adjacent to an activating group) is 2. The SMILES string of the molecule is CC(C)c1ccccc1NC(=O)C[NH+](C)CC(=O)N(C)C. The number of benzene rings is 1. The summed E-state index contributed by atoms with van der Waals surface area (Å²) >= 11 is 0. The highest BCUT2D eigenvalue weighted by Crippen LogP contribution is 2.23. The Labute approximate surface area is 126 Å². The van der Waals surface area contributed by atoms with Gasteiger partial charge in [0.05, 0.1) is 7.05 Å². The van der Waals surface area contributed by atoms with E-state index in [2.05, 4.69) is 19.2 Å². The van der Waals surface area contributed by atoms with Crippen LogP contribution in [-0.2, 0) is 9.59 Å². The molecule has 0 aliphatic rings. The molecule has 2 amide bonds. The Morgan fingerprint density at radius 2 is 1.81 bits per heavy atom. The number of nitrogens with one attached hydrogen (secondary N) is 2. The van der Waals surface area contributed by atoms with Crippen molar-refractivity contribution < 1.29 is 14.5 Å². The Morgan fingerprint density at radius 3 is 2.38 bits per heavy atom. The zero-order valence-electron chi connectivity index (χ0n) is 13.6. The van der Waals surface area contributed by atoms with Gasteiger partial charge in [0.1, 0.15) is 0 Å². The first-order valence-corrected chi connectivity index (χ1v) is 7.21. The molecule has 0 aromatic heterocycles. The van der Waals surface area contributed by atoms with Gasteiger partial charge in [-0.2, -0.15) is 0 Å². The second kappa shape index (κ2) is 7.78. The summed E-state index contributed by atoms with van der Waals surface area (Å²) in [6.07, 6.45) is 0. The maximum atomic E-state index is 12.1. The smallest absolute Gasteiger partial charge is 0.279 e. The van der Waals surface area contributed by atoms with Crippen molar-refractivity contribution >= 4 is 17.5 Å². The number of hydrogen-bond donors (Lipinski definition) is 2. The van der Waals surface area contributed by atoms with Gasteiger partial charge in [0.2, 0.25) is 0 Å². The van der Waals surface area contributed by atoms with Gasteiger partial charge in [-0.1, -0.05) is 32.0 Å². The normalized spacial score (nSPS) is 12.1. The van der Waals surface area contributed by atoms with E-state index in [0.29, 0.717) is 12.5 Å². The fourth-order valence-electron chi connectivity index (χ4n) is 2.06. The van der Waals surface area contributed by atoms with Crippen LogP contribution in [0.1, 0.15) is 25.3 Å². The zero-order valence-corrected chi connectivity index (χ0v) is 13.6. The molecule has 0 saturated carbocycles. The molecule has 0 aliphatic carbocycles. The van der Waals surface area contributed by atoms with Gasteiger partial charge in [0.15, 0.2) is 13.1 Å². The van der Waals surface area contributed by atoms with E-state index in [-0.39, 0.29) is 18.4 Å². The largest absolute Gasteiger partial charge is 0.344 e. The summed E-state index contributed by atoms with van der Waals surface area (Å²) in [5, 5.41) is 2.94. The number of para-hydroxylation sites is 1. The Hall–Kier alpha value is -1.88.